The number of carbonyl (C=O) groups is 1. The van der Waals surface area contributed by atoms with Crippen LogP contribution in [-0.2, 0) is 10.0 Å². The number of hydrogen-bond donors (Lipinski definition) is 2. The molecule has 2 aromatic carbocycles. The van der Waals surface area contributed by atoms with E-state index in [4.69, 9.17) is 0 Å². The fourth-order valence-electron chi connectivity index (χ4n) is 2.36. The summed E-state index contributed by atoms with van der Waals surface area (Å²) < 4.78 is 27.1. The maximum atomic E-state index is 12.3. The van der Waals surface area contributed by atoms with Gasteiger partial charge in [0.15, 0.2) is 0 Å². The third-order valence-electron chi connectivity index (χ3n) is 4.23. The van der Waals surface area contributed by atoms with Crippen LogP contribution in [0.3, 0.4) is 0 Å². The molecular formula is C20H26N2O3S. The first kappa shape index (κ1) is 20.1. The van der Waals surface area contributed by atoms with Gasteiger partial charge in [0, 0.05) is 17.3 Å². The Labute approximate surface area is 155 Å². The Morgan fingerprint density at radius 1 is 0.962 bits per heavy atom. The highest BCUT2D eigenvalue weighted by atomic mass is 32.2. The molecule has 0 aliphatic carbocycles. The Kier molecular flexibility index (Phi) is 6.56. The molecule has 1 unspecified atom stereocenters. The molecule has 0 aliphatic heterocycles. The normalized spacial score (nSPS) is 12.8. The van der Waals surface area contributed by atoms with Gasteiger partial charge in [-0.15, -0.1) is 0 Å². The molecule has 1 atom stereocenters. The Hall–Kier alpha value is -2.18. The summed E-state index contributed by atoms with van der Waals surface area (Å²) in [7, 11) is -3.54. The van der Waals surface area contributed by atoms with Gasteiger partial charge >= 0.3 is 0 Å². The van der Waals surface area contributed by atoms with Crippen molar-refractivity contribution in [3.8, 4) is 0 Å². The second-order valence-electron chi connectivity index (χ2n) is 6.69. The zero-order valence-corrected chi connectivity index (χ0v) is 16.4. The highest BCUT2D eigenvalue weighted by Crippen LogP contribution is 2.17. The lowest BCUT2D eigenvalue weighted by molar-refractivity contribution is 0.102. The number of sulfonamides is 1. The van der Waals surface area contributed by atoms with Gasteiger partial charge in [-0.05, 0) is 61.2 Å². The van der Waals surface area contributed by atoms with Crippen molar-refractivity contribution in [2.45, 2.75) is 51.0 Å². The van der Waals surface area contributed by atoms with E-state index in [2.05, 4.69) is 23.9 Å². The van der Waals surface area contributed by atoms with Crippen LogP contribution in [0.25, 0.3) is 0 Å². The largest absolute Gasteiger partial charge is 0.322 e. The number of hydrogen-bond acceptors (Lipinski definition) is 3. The Morgan fingerprint density at radius 2 is 1.54 bits per heavy atom. The van der Waals surface area contributed by atoms with Gasteiger partial charge in [0.2, 0.25) is 10.0 Å². The van der Waals surface area contributed by atoms with Crippen molar-refractivity contribution in [2.24, 2.45) is 0 Å². The SMILES string of the molecule is CCC(C)NS(=O)(=O)c1ccc(NC(=O)c2ccc(C(C)C)cc2)cc1. The zero-order chi connectivity index (χ0) is 19.3. The summed E-state index contributed by atoms with van der Waals surface area (Å²) in [5.41, 5.74) is 2.28. The van der Waals surface area contributed by atoms with E-state index in [0.29, 0.717) is 23.6 Å². The smallest absolute Gasteiger partial charge is 0.255 e. The van der Waals surface area contributed by atoms with Gasteiger partial charge < -0.3 is 5.32 Å². The van der Waals surface area contributed by atoms with Crippen LogP contribution < -0.4 is 10.0 Å². The minimum absolute atomic E-state index is 0.131. The first-order valence-electron chi connectivity index (χ1n) is 8.76. The van der Waals surface area contributed by atoms with Crippen LogP contribution in [0.5, 0.6) is 0 Å². The van der Waals surface area contributed by atoms with E-state index in [1.807, 2.05) is 26.0 Å². The van der Waals surface area contributed by atoms with E-state index in [1.54, 1.807) is 24.3 Å². The van der Waals surface area contributed by atoms with Crippen molar-refractivity contribution in [2.75, 3.05) is 5.32 Å². The van der Waals surface area contributed by atoms with Gasteiger partial charge in [0.1, 0.15) is 0 Å². The van der Waals surface area contributed by atoms with Crippen molar-refractivity contribution < 1.29 is 13.2 Å². The van der Waals surface area contributed by atoms with Crippen molar-refractivity contribution in [1.82, 2.24) is 4.72 Å². The summed E-state index contributed by atoms with van der Waals surface area (Å²) in [6.07, 6.45) is 0.711. The summed E-state index contributed by atoms with van der Waals surface area (Å²) >= 11 is 0. The molecule has 1 amide bonds. The Morgan fingerprint density at radius 3 is 2.04 bits per heavy atom. The lowest BCUT2D eigenvalue weighted by atomic mass is 10.0. The minimum atomic E-state index is -3.54. The van der Waals surface area contributed by atoms with Gasteiger partial charge in [-0.25, -0.2) is 13.1 Å². The van der Waals surface area contributed by atoms with Crippen LogP contribution in [0.4, 0.5) is 5.69 Å². The predicted molar refractivity (Wildman–Crippen MR) is 105 cm³/mol. The average molecular weight is 375 g/mol. The van der Waals surface area contributed by atoms with E-state index in [0.717, 1.165) is 0 Å². The average Bonchev–Trinajstić information content (AvgIpc) is 2.61. The predicted octanol–water partition coefficient (Wildman–Crippen LogP) is 4.14. The van der Waals surface area contributed by atoms with E-state index < -0.39 is 10.0 Å². The molecule has 0 saturated carbocycles. The molecule has 0 heterocycles. The van der Waals surface area contributed by atoms with E-state index in [-0.39, 0.29) is 16.8 Å². The lowest BCUT2D eigenvalue weighted by Crippen LogP contribution is -2.31. The fraction of sp³-hybridized carbons (Fsp3) is 0.350. The number of amides is 1. The van der Waals surface area contributed by atoms with Gasteiger partial charge in [0.25, 0.3) is 5.91 Å². The molecule has 2 aromatic rings. The molecular weight excluding hydrogens is 348 g/mol. The lowest BCUT2D eigenvalue weighted by Gasteiger charge is -2.12. The monoisotopic (exact) mass is 374 g/mol. The summed E-state index contributed by atoms with van der Waals surface area (Å²) in [5.74, 6) is 0.180. The molecule has 2 rings (SSSR count). The highest BCUT2D eigenvalue weighted by molar-refractivity contribution is 7.89. The summed E-state index contributed by atoms with van der Waals surface area (Å²) in [6.45, 7) is 7.93. The van der Waals surface area contributed by atoms with Crippen molar-refractivity contribution >= 4 is 21.6 Å². The molecule has 140 valence electrons. The molecule has 0 aliphatic rings. The molecule has 5 nitrogen and oxygen atoms in total. The van der Waals surface area contributed by atoms with Crippen LogP contribution in [0, 0.1) is 0 Å². The maximum Gasteiger partial charge on any atom is 0.255 e. The number of carbonyl (C=O) groups excluding carboxylic acids is 1. The van der Waals surface area contributed by atoms with Crippen LogP contribution >= 0.6 is 0 Å². The van der Waals surface area contributed by atoms with Crippen molar-refractivity contribution in [1.29, 1.82) is 0 Å². The quantitative estimate of drug-likeness (QED) is 0.765. The Balaban J connectivity index is 2.08. The molecule has 6 heteroatoms. The summed E-state index contributed by atoms with van der Waals surface area (Å²) in [4.78, 5) is 12.5. The molecule has 0 radical (unpaired) electrons. The van der Waals surface area contributed by atoms with Crippen molar-refractivity contribution in [3.05, 3.63) is 59.7 Å². The van der Waals surface area contributed by atoms with Gasteiger partial charge in [-0.3, -0.25) is 4.79 Å². The maximum absolute atomic E-state index is 12.3. The van der Waals surface area contributed by atoms with Crippen LogP contribution in [0.1, 0.15) is 56.0 Å². The number of rotatable bonds is 7. The zero-order valence-electron chi connectivity index (χ0n) is 15.6. The van der Waals surface area contributed by atoms with E-state index in [9.17, 15) is 13.2 Å². The first-order chi connectivity index (χ1) is 12.2. The van der Waals surface area contributed by atoms with Gasteiger partial charge in [-0.1, -0.05) is 32.9 Å². The molecule has 0 spiro atoms. The van der Waals surface area contributed by atoms with Crippen LogP contribution in [0.15, 0.2) is 53.4 Å². The third-order valence-corrected chi connectivity index (χ3v) is 5.84. The van der Waals surface area contributed by atoms with Crippen molar-refractivity contribution in [3.63, 3.8) is 0 Å². The molecule has 2 N–H and O–H groups in total. The van der Waals surface area contributed by atoms with Gasteiger partial charge in [0.05, 0.1) is 4.90 Å². The molecule has 0 aromatic heterocycles. The second kappa shape index (κ2) is 8.47. The summed E-state index contributed by atoms with van der Waals surface area (Å²) in [6, 6.07) is 13.5. The molecule has 0 fully saturated rings. The fourth-order valence-corrected chi connectivity index (χ4v) is 3.68. The van der Waals surface area contributed by atoms with E-state index in [1.165, 1.54) is 17.7 Å². The summed E-state index contributed by atoms with van der Waals surface area (Å²) in [5, 5.41) is 2.78. The minimum Gasteiger partial charge on any atom is -0.322 e. The Bertz CT molecular complexity index is 842. The molecule has 0 bridgehead atoms. The second-order valence-corrected chi connectivity index (χ2v) is 8.40. The number of nitrogens with one attached hydrogen (secondary N) is 2. The van der Waals surface area contributed by atoms with Crippen LogP contribution in [-0.4, -0.2) is 20.4 Å². The first-order valence-corrected chi connectivity index (χ1v) is 10.2. The number of anilines is 1. The standard InChI is InChI=1S/C20H26N2O3S/c1-5-15(4)22-26(24,25)19-12-10-18(11-13-19)21-20(23)17-8-6-16(7-9-17)14(2)3/h6-15,22H,5H2,1-4H3,(H,21,23). The third kappa shape index (κ3) is 5.16. The molecule has 0 saturated heterocycles. The van der Waals surface area contributed by atoms with Crippen LogP contribution in [0.2, 0.25) is 0 Å². The topological polar surface area (TPSA) is 75.3 Å². The highest BCUT2D eigenvalue weighted by Gasteiger charge is 2.16. The molecule has 26 heavy (non-hydrogen) atoms. The van der Waals surface area contributed by atoms with E-state index >= 15 is 0 Å². The van der Waals surface area contributed by atoms with Gasteiger partial charge in [-0.2, -0.15) is 0 Å². The number of benzene rings is 2.